The van der Waals surface area contributed by atoms with Crippen molar-refractivity contribution >= 4 is 33.2 Å². The van der Waals surface area contributed by atoms with Gasteiger partial charge in [0.05, 0.1) is 4.90 Å². The van der Waals surface area contributed by atoms with Gasteiger partial charge in [-0.25, -0.2) is 13.1 Å². The molecule has 0 fully saturated rings. The van der Waals surface area contributed by atoms with Gasteiger partial charge in [0, 0.05) is 30.3 Å². The van der Waals surface area contributed by atoms with E-state index in [0.29, 0.717) is 10.7 Å². The summed E-state index contributed by atoms with van der Waals surface area (Å²) in [6.07, 6.45) is 0. The molecule has 28 heavy (non-hydrogen) atoms. The van der Waals surface area contributed by atoms with Gasteiger partial charge in [-0.1, -0.05) is 37.6 Å². The largest absolute Gasteiger partial charge is 0.372 e. The maximum Gasteiger partial charge on any atom is 0.240 e. The third-order valence-electron chi connectivity index (χ3n) is 4.44. The third-order valence-corrected chi connectivity index (χ3v) is 6.09. The summed E-state index contributed by atoms with van der Waals surface area (Å²) >= 11 is 6.04. The maximum absolute atomic E-state index is 12.7. The Morgan fingerprint density at radius 1 is 1.18 bits per heavy atom. The van der Waals surface area contributed by atoms with E-state index in [4.69, 9.17) is 16.3 Å². The van der Waals surface area contributed by atoms with Crippen molar-refractivity contribution in [3.63, 3.8) is 0 Å². The van der Waals surface area contributed by atoms with E-state index in [9.17, 15) is 13.2 Å². The average molecular weight is 425 g/mol. The lowest BCUT2D eigenvalue weighted by Gasteiger charge is -2.29. The first kappa shape index (κ1) is 22.4. The topological polar surface area (TPSA) is 84.5 Å². The van der Waals surface area contributed by atoms with Crippen molar-refractivity contribution in [2.45, 2.75) is 31.3 Å². The first-order chi connectivity index (χ1) is 13.1. The minimum atomic E-state index is -3.76. The van der Waals surface area contributed by atoms with Crippen molar-refractivity contribution in [3.8, 4) is 0 Å². The predicted molar refractivity (Wildman–Crippen MR) is 111 cm³/mol. The molecular formula is C20H25ClN2O4S. The lowest BCUT2D eigenvalue weighted by molar-refractivity contribution is -0.118. The molecule has 0 aromatic heterocycles. The van der Waals surface area contributed by atoms with Crippen LogP contribution in [0.1, 0.15) is 26.3 Å². The Kier molecular flexibility index (Phi) is 7.22. The van der Waals surface area contributed by atoms with Crippen LogP contribution in [0.25, 0.3) is 0 Å². The quantitative estimate of drug-likeness (QED) is 0.675. The standard InChI is InChI=1S/C20H25ClN2O4S/c1-14(2)19(24)23-17-8-10-18(11-9-17)28(25,26)22-13-20(3,27-4)15-6-5-7-16(21)12-15/h5-12,14,22H,13H2,1-4H3,(H,23,24). The van der Waals surface area contributed by atoms with Crippen molar-refractivity contribution in [3.05, 3.63) is 59.1 Å². The van der Waals surface area contributed by atoms with E-state index in [1.807, 2.05) is 6.07 Å². The number of amides is 1. The summed E-state index contributed by atoms with van der Waals surface area (Å²) in [7, 11) is -2.24. The Labute approximate surface area is 171 Å². The van der Waals surface area contributed by atoms with Crippen molar-refractivity contribution in [2.24, 2.45) is 5.92 Å². The molecule has 2 aromatic rings. The molecule has 0 spiro atoms. The first-order valence-corrected chi connectivity index (χ1v) is 10.7. The van der Waals surface area contributed by atoms with Crippen LogP contribution in [0, 0.1) is 5.92 Å². The number of carbonyl (C=O) groups is 1. The van der Waals surface area contributed by atoms with Crippen molar-refractivity contribution in [1.82, 2.24) is 4.72 Å². The number of hydrogen-bond donors (Lipinski definition) is 2. The molecule has 0 aliphatic rings. The van der Waals surface area contributed by atoms with Crippen LogP contribution < -0.4 is 10.0 Å². The average Bonchev–Trinajstić information content (AvgIpc) is 2.66. The van der Waals surface area contributed by atoms with E-state index in [1.54, 1.807) is 51.1 Å². The molecule has 0 aliphatic carbocycles. The van der Waals surface area contributed by atoms with Gasteiger partial charge in [-0.3, -0.25) is 4.79 Å². The monoisotopic (exact) mass is 424 g/mol. The number of ether oxygens (including phenoxy) is 1. The highest BCUT2D eigenvalue weighted by atomic mass is 35.5. The molecule has 152 valence electrons. The van der Waals surface area contributed by atoms with Crippen LogP contribution in [0.4, 0.5) is 5.69 Å². The molecule has 0 saturated carbocycles. The molecule has 2 aromatic carbocycles. The number of anilines is 1. The van der Waals surface area contributed by atoms with E-state index in [0.717, 1.165) is 5.56 Å². The SMILES string of the molecule is COC(C)(CNS(=O)(=O)c1ccc(NC(=O)C(C)C)cc1)c1cccc(Cl)c1. The number of nitrogens with one attached hydrogen (secondary N) is 2. The van der Waals surface area contributed by atoms with Crippen LogP contribution in [0.2, 0.25) is 5.02 Å². The normalized spacial score (nSPS) is 13.9. The van der Waals surface area contributed by atoms with Crippen LogP contribution in [0.5, 0.6) is 0 Å². The second-order valence-electron chi connectivity index (χ2n) is 6.94. The predicted octanol–water partition coefficient (Wildman–Crippen LogP) is 3.77. The number of hydrogen-bond acceptors (Lipinski definition) is 4. The molecule has 1 amide bonds. The van der Waals surface area contributed by atoms with Gasteiger partial charge < -0.3 is 10.1 Å². The smallest absolute Gasteiger partial charge is 0.240 e. The van der Waals surface area contributed by atoms with Gasteiger partial charge in [0.2, 0.25) is 15.9 Å². The Hall–Kier alpha value is -1.93. The molecule has 8 heteroatoms. The zero-order valence-corrected chi connectivity index (χ0v) is 17.9. The summed E-state index contributed by atoms with van der Waals surface area (Å²) < 4.78 is 33.5. The minimum absolute atomic E-state index is 0.0258. The Bertz CT molecular complexity index is 929. The number of benzene rings is 2. The fraction of sp³-hybridized carbons (Fsp3) is 0.350. The summed E-state index contributed by atoms with van der Waals surface area (Å²) in [5.41, 5.74) is 0.415. The molecule has 1 unspecified atom stereocenters. The van der Waals surface area contributed by atoms with Crippen molar-refractivity contribution in [2.75, 3.05) is 19.0 Å². The highest BCUT2D eigenvalue weighted by Crippen LogP contribution is 2.27. The molecule has 0 radical (unpaired) electrons. The molecule has 0 bridgehead atoms. The zero-order valence-electron chi connectivity index (χ0n) is 16.3. The summed E-state index contributed by atoms with van der Waals surface area (Å²) in [6.45, 7) is 5.37. The van der Waals surface area contributed by atoms with Crippen LogP contribution in [0.3, 0.4) is 0 Å². The second kappa shape index (κ2) is 9.05. The molecule has 1 atom stereocenters. The molecule has 6 nitrogen and oxygen atoms in total. The lowest BCUT2D eigenvalue weighted by atomic mass is 9.96. The van der Waals surface area contributed by atoms with Crippen molar-refractivity contribution in [1.29, 1.82) is 0 Å². The van der Waals surface area contributed by atoms with E-state index in [1.165, 1.54) is 19.2 Å². The number of halogens is 1. The zero-order chi connectivity index (χ0) is 20.9. The van der Waals surface area contributed by atoms with Gasteiger partial charge >= 0.3 is 0 Å². The van der Waals surface area contributed by atoms with E-state index < -0.39 is 15.6 Å². The van der Waals surface area contributed by atoms with E-state index in [2.05, 4.69) is 10.0 Å². The van der Waals surface area contributed by atoms with Crippen LogP contribution >= 0.6 is 11.6 Å². The van der Waals surface area contributed by atoms with Crippen LogP contribution in [-0.2, 0) is 25.2 Å². The van der Waals surface area contributed by atoms with Gasteiger partial charge in [0.1, 0.15) is 5.60 Å². The van der Waals surface area contributed by atoms with Crippen molar-refractivity contribution < 1.29 is 17.9 Å². The highest BCUT2D eigenvalue weighted by Gasteiger charge is 2.29. The van der Waals surface area contributed by atoms with E-state index in [-0.39, 0.29) is 23.3 Å². The number of rotatable bonds is 8. The van der Waals surface area contributed by atoms with Gasteiger partial charge in [0.15, 0.2) is 0 Å². The fourth-order valence-electron chi connectivity index (χ4n) is 2.43. The highest BCUT2D eigenvalue weighted by molar-refractivity contribution is 7.89. The molecule has 0 heterocycles. The molecule has 2 N–H and O–H groups in total. The maximum atomic E-state index is 12.7. The van der Waals surface area contributed by atoms with Crippen LogP contribution in [0.15, 0.2) is 53.4 Å². The summed E-state index contributed by atoms with van der Waals surface area (Å²) in [5, 5.41) is 3.27. The Morgan fingerprint density at radius 3 is 2.36 bits per heavy atom. The number of carbonyl (C=O) groups excluding carboxylic acids is 1. The van der Waals surface area contributed by atoms with Gasteiger partial charge in [-0.05, 0) is 48.9 Å². The Morgan fingerprint density at radius 2 is 1.82 bits per heavy atom. The summed E-state index contributed by atoms with van der Waals surface area (Å²) in [4.78, 5) is 11.8. The Balaban J connectivity index is 2.13. The minimum Gasteiger partial charge on any atom is -0.372 e. The fourth-order valence-corrected chi connectivity index (χ4v) is 3.75. The first-order valence-electron chi connectivity index (χ1n) is 8.79. The summed E-state index contributed by atoms with van der Waals surface area (Å²) in [6, 6.07) is 13.1. The molecule has 2 rings (SSSR count). The number of sulfonamides is 1. The summed E-state index contributed by atoms with van der Waals surface area (Å²) in [5.74, 6) is -0.297. The molecule has 0 aliphatic heterocycles. The van der Waals surface area contributed by atoms with Crippen LogP contribution in [-0.4, -0.2) is 28.0 Å². The van der Waals surface area contributed by atoms with Gasteiger partial charge in [-0.2, -0.15) is 0 Å². The lowest BCUT2D eigenvalue weighted by Crippen LogP contribution is -2.40. The molecular weight excluding hydrogens is 400 g/mol. The van der Waals surface area contributed by atoms with Gasteiger partial charge in [-0.15, -0.1) is 0 Å². The second-order valence-corrected chi connectivity index (χ2v) is 9.14. The molecule has 0 saturated heterocycles. The van der Waals surface area contributed by atoms with E-state index >= 15 is 0 Å². The van der Waals surface area contributed by atoms with Gasteiger partial charge in [0.25, 0.3) is 0 Å². The third kappa shape index (κ3) is 5.54. The number of methoxy groups -OCH3 is 1.